The predicted molar refractivity (Wildman–Crippen MR) is 141 cm³/mol. The van der Waals surface area contributed by atoms with Crippen molar-refractivity contribution in [1.82, 2.24) is 30.2 Å². The summed E-state index contributed by atoms with van der Waals surface area (Å²) >= 11 is 6.10. The van der Waals surface area contributed by atoms with E-state index in [1.807, 2.05) is 18.3 Å². The Labute approximate surface area is 219 Å². The number of carbonyl (C=O) groups is 1. The third-order valence-corrected chi connectivity index (χ3v) is 6.83. The average molecular weight is 523 g/mol. The molecule has 0 amide bonds. The lowest BCUT2D eigenvalue weighted by atomic mass is 10.1. The minimum Gasteiger partial charge on any atom is -0.469 e. The number of esters is 1. The third kappa shape index (κ3) is 5.95. The third-order valence-electron chi connectivity index (χ3n) is 6.59. The van der Waals surface area contributed by atoms with E-state index in [2.05, 4.69) is 31.2 Å². The molecular formula is C27H28ClFN6O2. The van der Waals surface area contributed by atoms with Gasteiger partial charge in [0.15, 0.2) is 0 Å². The monoisotopic (exact) mass is 522 g/mol. The van der Waals surface area contributed by atoms with Crippen LogP contribution in [0.5, 0.6) is 0 Å². The fourth-order valence-electron chi connectivity index (χ4n) is 4.72. The van der Waals surface area contributed by atoms with Gasteiger partial charge in [-0.15, -0.1) is 0 Å². The van der Waals surface area contributed by atoms with E-state index >= 15 is 0 Å². The zero-order valence-corrected chi connectivity index (χ0v) is 21.3. The largest absolute Gasteiger partial charge is 0.469 e. The molecule has 0 saturated carbocycles. The lowest BCUT2D eigenvalue weighted by Crippen LogP contribution is -2.51. The highest BCUT2D eigenvalue weighted by atomic mass is 35.5. The van der Waals surface area contributed by atoms with Gasteiger partial charge in [-0.2, -0.15) is 0 Å². The van der Waals surface area contributed by atoms with Gasteiger partial charge >= 0.3 is 5.97 Å². The Bertz CT molecular complexity index is 1410. The average Bonchev–Trinajstić information content (AvgIpc) is 3.39. The van der Waals surface area contributed by atoms with Gasteiger partial charge in [-0.1, -0.05) is 11.6 Å². The maximum absolute atomic E-state index is 14.5. The molecule has 0 spiro atoms. The van der Waals surface area contributed by atoms with E-state index < -0.39 is 5.82 Å². The molecule has 5 rings (SSSR count). The fraction of sp³-hybridized carbons (Fsp3) is 0.333. The van der Waals surface area contributed by atoms with Crippen molar-refractivity contribution in [1.29, 1.82) is 0 Å². The van der Waals surface area contributed by atoms with Crippen LogP contribution in [0.25, 0.3) is 33.7 Å². The first kappa shape index (κ1) is 25.3. The van der Waals surface area contributed by atoms with E-state index in [0.29, 0.717) is 34.1 Å². The Kier molecular flexibility index (Phi) is 7.73. The van der Waals surface area contributed by atoms with E-state index in [1.165, 1.54) is 25.6 Å². The van der Waals surface area contributed by atoms with Gasteiger partial charge in [-0.3, -0.25) is 9.78 Å². The number of hydrogen-bond donors (Lipinski definition) is 2. The minimum absolute atomic E-state index is 0.124. The number of ether oxygens (including phenoxy) is 1. The molecule has 0 aliphatic carbocycles. The zero-order valence-electron chi connectivity index (χ0n) is 20.5. The van der Waals surface area contributed by atoms with Crippen LogP contribution in [0.2, 0.25) is 5.02 Å². The number of carbonyl (C=O) groups excluding carboxylic acids is 1. The topological polar surface area (TPSA) is 96.0 Å². The SMILES string of the molecule is COC(=O)CC1CN(CCCc2cnc3ccc(-c4[nH]cnc4-c4cc(Cl)ccc4F)nc3c2)CCN1. The van der Waals surface area contributed by atoms with Gasteiger partial charge in [0.25, 0.3) is 0 Å². The maximum atomic E-state index is 14.5. The van der Waals surface area contributed by atoms with Crippen molar-refractivity contribution >= 4 is 28.6 Å². The number of H-pyrrole nitrogens is 1. The van der Waals surface area contributed by atoms with E-state index in [1.54, 1.807) is 6.07 Å². The Morgan fingerprint density at radius 2 is 2.11 bits per heavy atom. The summed E-state index contributed by atoms with van der Waals surface area (Å²) in [5, 5.41) is 3.82. The van der Waals surface area contributed by atoms with Gasteiger partial charge in [0.2, 0.25) is 0 Å². The molecule has 8 nitrogen and oxygen atoms in total. The van der Waals surface area contributed by atoms with Crippen LogP contribution in [-0.2, 0) is 16.0 Å². The summed E-state index contributed by atoms with van der Waals surface area (Å²) in [6.07, 6.45) is 5.64. The number of imidazole rings is 1. The zero-order chi connectivity index (χ0) is 25.8. The summed E-state index contributed by atoms with van der Waals surface area (Å²) in [6.45, 7) is 3.59. The molecule has 4 aromatic rings. The van der Waals surface area contributed by atoms with Crippen LogP contribution in [0.15, 0.2) is 48.9 Å². The molecule has 0 bridgehead atoms. The van der Waals surface area contributed by atoms with E-state index in [-0.39, 0.29) is 12.0 Å². The highest BCUT2D eigenvalue weighted by Crippen LogP contribution is 2.32. The lowest BCUT2D eigenvalue weighted by molar-refractivity contribution is -0.141. The van der Waals surface area contributed by atoms with Gasteiger partial charge in [0, 0.05) is 42.5 Å². The Hall–Kier alpha value is -3.40. The molecule has 1 saturated heterocycles. The summed E-state index contributed by atoms with van der Waals surface area (Å²) in [6, 6.07) is 10.3. The van der Waals surface area contributed by atoms with Crippen LogP contribution in [0.4, 0.5) is 4.39 Å². The first-order valence-electron chi connectivity index (χ1n) is 12.3. The fourth-order valence-corrected chi connectivity index (χ4v) is 4.89. The summed E-state index contributed by atoms with van der Waals surface area (Å²) in [5.41, 5.74) is 4.70. The Balaban J connectivity index is 1.28. The van der Waals surface area contributed by atoms with Gasteiger partial charge in [-0.05, 0) is 61.3 Å². The number of piperazine rings is 1. The molecule has 1 aliphatic rings. The predicted octanol–water partition coefficient (Wildman–Crippen LogP) is 4.25. The number of pyridine rings is 2. The van der Waals surface area contributed by atoms with Gasteiger partial charge in [-0.25, -0.2) is 14.4 Å². The van der Waals surface area contributed by atoms with Crippen molar-refractivity contribution in [3.63, 3.8) is 0 Å². The lowest BCUT2D eigenvalue weighted by Gasteiger charge is -2.33. The smallest absolute Gasteiger partial charge is 0.307 e. The molecule has 2 N–H and O–H groups in total. The maximum Gasteiger partial charge on any atom is 0.307 e. The molecule has 1 unspecified atom stereocenters. The van der Waals surface area contributed by atoms with Crippen LogP contribution >= 0.6 is 11.6 Å². The van der Waals surface area contributed by atoms with Crippen molar-refractivity contribution in [2.45, 2.75) is 25.3 Å². The molecule has 4 heterocycles. The van der Waals surface area contributed by atoms with E-state index in [9.17, 15) is 9.18 Å². The number of fused-ring (bicyclic) bond motifs is 1. The normalized spacial score (nSPS) is 16.2. The van der Waals surface area contributed by atoms with Crippen molar-refractivity contribution < 1.29 is 13.9 Å². The van der Waals surface area contributed by atoms with Gasteiger partial charge in [0.1, 0.15) is 11.5 Å². The molecule has 3 aromatic heterocycles. The number of halogens is 2. The highest BCUT2D eigenvalue weighted by molar-refractivity contribution is 6.30. The molecule has 37 heavy (non-hydrogen) atoms. The second-order valence-electron chi connectivity index (χ2n) is 9.16. The van der Waals surface area contributed by atoms with Crippen LogP contribution in [-0.4, -0.2) is 70.1 Å². The number of benzene rings is 1. The molecule has 10 heteroatoms. The number of rotatable bonds is 8. The van der Waals surface area contributed by atoms with E-state index in [0.717, 1.165) is 55.6 Å². The highest BCUT2D eigenvalue weighted by Gasteiger charge is 2.21. The first-order chi connectivity index (χ1) is 18.0. The number of aryl methyl sites for hydroxylation is 1. The van der Waals surface area contributed by atoms with Crippen molar-refractivity contribution in [2.75, 3.05) is 33.3 Å². The molecule has 1 fully saturated rings. The molecular weight excluding hydrogens is 495 g/mol. The van der Waals surface area contributed by atoms with Crippen LogP contribution in [0.3, 0.4) is 0 Å². The summed E-state index contributed by atoms with van der Waals surface area (Å²) in [5.74, 6) is -0.586. The Morgan fingerprint density at radius 1 is 1.22 bits per heavy atom. The quantitative estimate of drug-likeness (QED) is 0.334. The number of nitrogens with zero attached hydrogens (tertiary/aromatic N) is 4. The standard InChI is InChI=1S/C27H28ClFN6O2/c1-37-25(36)13-19-15-35(10-8-30-19)9-2-3-17-11-24-22(31-14-17)6-7-23(34-24)27-26(32-16-33-27)20-12-18(28)4-5-21(20)29/h4-7,11-12,14,16,19,30H,2-3,8-10,13,15H2,1H3,(H,32,33). The number of methoxy groups -OCH3 is 1. The second-order valence-corrected chi connectivity index (χ2v) is 9.60. The summed E-state index contributed by atoms with van der Waals surface area (Å²) in [7, 11) is 1.42. The summed E-state index contributed by atoms with van der Waals surface area (Å²) in [4.78, 5) is 30.8. The van der Waals surface area contributed by atoms with Crippen molar-refractivity contribution in [2.24, 2.45) is 0 Å². The number of aromatic nitrogens is 4. The number of nitrogens with one attached hydrogen (secondary N) is 2. The first-order valence-corrected chi connectivity index (χ1v) is 12.7. The molecule has 192 valence electrons. The number of aromatic amines is 1. The van der Waals surface area contributed by atoms with Crippen molar-refractivity contribution in [3.05, 3.63) is 65.3 Å². The molecule has 1 atom stereocenters. The van der Waals surface area contributed by atoms with Crippen LogP contribution in [0, 0.1) is 5.82 Å². The van der Waals surface area contributed by atoms with Crippen LogP contribution in [0.1, 0.15) is 18.4 Å². The number of hydrogen-bond acceptors (Lipinski definition) is 7. The molecule has 0 radical (unpaired) electrons. The van der Waals surface area contributed by atoms with Gasteiger partial charge < -0.3 is 19.9 Å². The molecule has 1 aliphatic heterocycles. The van der Waals surface area contributed by atoms with E-state index in [4.69, 9.17) is 21.3 Å². The minimum atomic E-state index is -0.399. The van der Waals surface area contributed by atoms with Crippen LogP contribution < -0.4 is 5.32 Å². The Morgan fingerprint density at radius 3 is 2.97 bits per heavy atom. The molecule has 1 aromatic carbocycles. The summed E-state index contributed by atoms with van der Waals surface area (Å²) < 4.78 is 19.3. The second kappa shape index (κ2) is 11.3. The van der Waals surface area contributed by atoms with Crippen molar-refractivity contribution in [3.8, 4) is 22.6 Å². The van der Waals surface area contributed by atoms with Gasteiger partial charge in [0.05, 0.1) is 42.3 Å².